The molecule has 1 aromatic carbocycles. The fraction of sp³-hybridized carbons (Fsp3) is 0.600. The van der Waals surface area contributed by atoms with E-state index in [1.54, 1.807) is 13.2 Å². The molecular formula is C15H21BrF3NO. The highest BCUT2D eigenvalue weighted by Gasteiger charge is 2.33. The molecule has 6 heteroatoms. The standard InChI is InChI=1S/C15H21BrF3NO/c1-4-11(2)20(7-8-21-3)13-6-5-12(10-16)14(9-13)15(17,18)19/h5-6,9,11H,4,7-8,10H2,1-3H3. The summed E-state index contributed by atoms with van der Waals surface area (Å²) in [6.45, 7) is 5.06. The molecule has 1 atom stereocenters. The van der Waals surface area contributed by atoms with Crippen LogP contribution < -0.4 is 4.90 Å². The largest absolute Gasteiger partial charge is 0.416 e. The zero-order valence-corrected chi connectivity index (χ0v) is 14.1. The maximum absolute atomic E-state index is 13.1. The van der Waals surface area contributed by atoms with Gasteiger partial charge in [0.15, 0.2) is 0 Å². The molecule has 0 saturated carbocycles. The second-order valence-corrected chi connectivity index (χ2v) is 5.48. The van der Waals surface area contributed by atoms with Crippen LogP contribution in [0.5, 0.6) is 0 Å². The van der Waals surface area contributed by atoms with Crippen LogP contribution in [0.3, 0.4) is 0 Å². The minimum Gasteiger partial charge on any atom is -0.383 e. The summed E-state index contributed by atoms with van der Waals surface area (Å²) in [5.41, 5.74) is 0.253. The first kappa shape index (κ1) is 18.3. The highest BCUT2D eigenvalue weighted by molar-refractivity contribution is 9.08. The molecule has 0 spiro atoms. The number of hydrogen-bond acceptors (Lipinski definition) is 2. The number of anilines is 1. The van der Waals surface area contributed by atoms with E-state index < -0.39 is 11.7 Å². The lowest BCUT2D eigenvalue weighted by molar-refractivity contribution is -0.138. The lowest BCUT2D eigenvalue weighted by Crippen LogP contribution is -2.35. The maximum Gasteiger partial charge on any atom is 0.416 e. The Morgan fingerprint density at radius 1 is 1.33 bits per heavy atom. The van der Waals surface area contributed by atoms with E-state index in [0.717, 1.165) is 6.42 Å². The summed E-state index contributed by atoms with van der Waals surface area (Å²) in [6.07, 6.45) is -3.49. The van der Waals surface area contributed by atoms with E-state index in [-0.39, 0.29) is 16.9 Å². The lowest BCUT2D eigenvalue weighted by Gasteiger charge is -2.31. The fourth-order valence-corrected chi connectivity index (χ4v) is 2.63. The predicted molar refractivity (Wildman–Crippen MR) is 83.1 cm³/mol. The number of hydrogen-bond donors (Lipinski definition) is 0. The summed E-state index contributed by atoms with van der Waals surface area (Å²) >= 11 is 3.11. The van der Waals surface area contributed by atoms with Crippen LogP contribution >= 0.6 is 15.9 Å². The normalized spacial score (nSPS) is 13.3. The second kappa shape index (κ2) is 8.03. The van der Waals surface area contributed by atoms with Gasteiger partial charge in [-0.2, -0.15) is 13.2 Å². The third-order valence-corrected chi connectivity index (χ3v) is 4.14. The van der Waals surface area contributed by atoms with Crippen molar-refractivity contribution in [3.05, 3.63) is 29.3 Å². The van der Waals surface area contributed by atoms with Gasteiger partial charge in [0, 0.05) is 30.7 Å². The van der Waals surface area contributed by atoms with Crippen LogP contribution in [0.1, 0.15) is 31.4 Å². The molecule has 2 nitrogen and oxygen atoms in total. The molecule has 0 aromatic heterocycles. The number of methoxy groups -OCH3 is 1. The lowest BCUT2D eigenvalue weighted by atomic mass is 10.1. The van der Waals surface area contributed by atoms with Gasteiger partial charge >= 0.3 is 6.18 Å². The smallest absolute Gasteiger partial charge is 0.383 e. The SMILES string of the molecule is CCC(C)N(CCOC)c1ccc(CBr)c(C(F)(F)F)c1. The monoisotopic (exact) mass is 367 g/mol. The van der Waals surface area contributed by atoms with Gasteiger partial charge in [-0.05, 0) is 31.0 Å². The number of nitrogens with zero attached hydrogens (tertiary/aromatic N) is 1. The third kappa shape index (κ3) is 4.88. The average molecular weight is 368 g/mol. The quantitative estimate of drug-likeness (QED) is 0.638. The summed E-state index contributed by atoms with van der Waals surface area (Å²) in [5.74, 6) is 0. The predicted octanol–water partition coefficient (Wildman–Crippen LogP) is 4.85. The number of ether oxygens (including phenoxy) is 1. The Bertz CT molecular complexity index is 451. The van der Waals surface area contributed by atoms with Crippen LogP contribution in [0.4, 0.5) is 18.9 Å². The molecule has 0 N–H and O–H groups in total. The molecular weight excluding hydrogens is 347 g/mol. The van der Waals surface area contributed by atoms with Crippen molar-refractivity contribution in [3.63, 3.8) is 0 Å². The molecule has 0 aliphatic carbocycles. The Balaban J connectivity index is 3.20. The van der Waals surface area contributed by atoms with Gasteiger partial charge in [-0.3, -0.25) is 0 Å². The second-order valence-electron chi connectivity index (χ2n) is 4.92. The van der Waals surface area contributed by atoms with E-state index in [1.807, 2.05) is 18.7 Å². The van der Waals surface area contributed by atoms with Crippen molar-refractivity contribution in [1.82, 2.24) is 0 Å². The van der Waals surface area contributed by atoms with Gasteiger partial charge in [-0.15, -0.1) is 0 Å². The molecule has 21 heavy (non-hydrogen) atoms. The van der Waals surface area contributed by atoms with Gasteiger partial charge in [0.1, 0.15) is 0 Å². The Hall–Kier alpha value is -0.750. The first-order chi connectivity index (χ1) is 9.85. The summed E-state index contributed by atoms with van der Waals surface area (Å²) in [7, 11) is 1.59. The van der Waals surface area contributed by atoms with E-state index in [0.29, 0.717) is 18.8 Å². The van der Waals surface area contributed by atoms with Gasteiger partial charge < -0.3 is 9.64 Å². The minimum atomic E-state index is -4.35. The maximum atomic E-state index is 13.1. The van der Waals surface area contributed by atoms with Crippen molar-refractivity contribution < 1.29 is 17.9 Å². The van der Waals surface area contributed by atoms with Gasteiger partial charge in [-0.25, -0.2) is 0 Å². The molecule has 0 aliphatic heterocycles. The molecule has 120 valence electrons. The molecule has 0 fully saturated rings. The number of halogens is 4. The van der Waals surface area contributed by atoms with Crippen LogP contribution in [-0.4, -0.2) is 26.3 Å². The van der Waals surface area contributed by atoms with Gasteiger partial charge in [-0.1, -0.05) is 28.9 Å². The van der Waals surface area contributed by atoms with Crippen LogP contribution in [0.15, 0.2) is 18.2 Å². The van der Waals surface area contributed by atoms with Crippen molar-refractivity contribution in [1.29, 1.82) is 0 Å². The summed E-state index contributed by atoms with van der Waals surface area (Å²) in [5, 5.41) is 0.184. The molecule has 0 amide bonds. The molecule has 0 bridgehead atoms. The van der Waals surface area contributed by atoms with Crippen molar-refractivity contribution in [2.75, 3.05) is 25.2 Å². The molecule has 0 aliphatic rings. The zero-order valence-electron chi connectivity index (χ0n) is 12.5. The first-order valence-electron chi connectivity index (χ1n) is 6.86. The Kier molecular flexibility index (Phi) is 7.00. The number of rotatable bonds is 7. The third-order valence-electron chi connectivity index (χ3n) is 3.53. The van der Waals surface area contributed by atoms with Crippen LogP contribution in [-0.2, 0) is 16.2 Å². The van der Waals surface area contributed by atoms with Crippen LogP contribution in [0.2, 0.25) is 0 Å². The van der Waals surface area contributed by atoms with Crippen molar-refractivity contribution in [2.24, 2.45) is 0 Å². The van der Waals surface area contributed by atoms with Crippen molar-refractivity contribution in [2.45, 2.75) is 37.8 Å². The highest BCUT2D eigenvalue weighted by atomic mass is 79.9. The Labute approximate surface area is 132 Å². The number of benzene rings is 1. The summed E-state index contributed by atoms with van der Waals surface area (Å²) < 4.78 is 44.5. The summed E-state index contributed by atoms with van der Waals surface area (Å²) in [4.78, 5) is 1.96. The average Bonchev–Trinajstić information content (AvgIpc) is 2.46. The van der Waals surface area contributed by atoms with Crippen molar-refractivity contribution in [3.8, 4) is 0 Å². The van der Waals surface area contributed by atoms with Crippen LogP contribution in [0, 0.1) is 0 Å². The van der Waals surface area contributed by atoms with Crippen LogP contribution in [0.25, 0.3) is 0 Å². The molecule has 1 unspecified atom stereocenters. The first-order valence-corrected chi connectivity index (χ1v) is 7.98. The Morgan fingerprint density at radius 3 is 2.48 bits per heavy atom. The van der Waals surface area contributed by atoms with E-state index in [9.17, 15) is 13.2 Å². The Morgan fingerprint density at radius 2 is 2.00 bits per heavy atom. The summed E-state index contributed by atoms with van der Waals surface area (Å²) in [6, 6.07) is 4.66. The molecule has 0 heterocycles. The number of alkyl halides is 4. The molecule has 0 radical (unpaired) electrons. The fourth-order valence-electron chi connectivity index (χ4n) is 2.14. The van der Waals surface area contributed by atoms with Crippen molar-refractivity contribution >= 4 is 21.6 Å². The van der Waals surface area contributed by atoms with E-state index >= 15 is 0 Å². The molecule has 0 saturated heterocycles. The molecule has 1 aromatic rings. The zero-order chi connectivity index (χ0) is 16.0. The highest BCUT2D eigenvalue weighted by Crippen LogP contribution is 2.36. The van der Waals surface area contributed by atoms with Gasteiger partial charge in [0.2, 0.25) is 0 Å². The van der Waals surface area contributed by atoms with E-state index in [1.165, 1.54) is 12.1 Å². The minimum absolute atomic E-state index is 0.149. The van der Waals surface area contributed by atoms with Gasteiger partial charge in [0.05, 0.1) is 12.2 Å². The van der Waals surface area contributed by atoms with E-state index in [4.69, 9.17) is 4.74 Å². The molecule has 1 rings (SSSR count). The van der Waals surface area contributed by atoms with Gasteiger partial charge in [0.25, 0.3) is 0 Å². The van der Waals surface area contributed by atoms with E-state index in [2.05, 4.69) is 15.9 Å². The topological polar surface area (TPSA) is 12.5 Å².